The first-order valence-electron chi connectivity index (χ1n) is 8.63. The maximum atomic E-state index is 13.3. The van der Waals surface area contributed by atoms with Gasteiger partial charge in [-0.3, -0.25) is 4.99 Å². The molecule has 0 unspecified atom stereocenters. The maximum Gasteiger partial charge on any atom is 0.154 e. The van der Waals surface area contributed by atoms with E-state index in [2.05, 4.69) is 17.1 Å². The fourth-order valence-electron chi connectivity index (χ4n) is 2.70. The quantitative estimate of drug-likeness (QED) is 0.461. The van der Waals surface area contributed by atoms with Gasteiger partial charge in [-0.2, -0.15) is 0 Å². The number of nitrogens with two attached hydrogens (primary N) is 1. The van der Waals surface area contributed by atoms with Crippen LogP contribution in [0, 0.1) is 11.6 Å². The highest BCUT2D eigenvalue weighted by Crippen LogP contribution is 2.35. The van der Waals surface area contributed by atoms with Crippen molar-refractivity contribution in [3.63, 3.8) is 0 Å². The third kappa shape index (κ3) is 5.66. The Morgan fingerprint density at radius 1 is 0.815 bits per heavy atom. The summed E-state index contributed by atoms with van der Waals surface area (Å²) in [7, 11) is 0. The Kier molecular flexibility index (Phi) is 6.60. The molecule has 3 rings (SSSR count). The number of aliphatic imine (C=N–C) groups is 1. The fraction of sp³-hybridized carbons (Fsp3) is 0.136. The van der Waals surface area contributed by atoms with Crippen molar-refractivity contribution >= 4 is 16.9 Å². The highest BCUT2D eigenvalue weighted by Gasteiger charge is 2.17. The Bertz CT molecular complexity index is 833. The molecule has 0 radical (unpaired) electrons. The zero-order valence-electron chi connectivity index (χ0n) is 14.7. The van der Waals surface area contributed by atoms with Gasteiger partial charge in [-0.1, -0.05) is 66.4 Å². The summed E-state index contributed by atoms with van der Waals surface area (Å²) in [5, 5.41) is 0.260. The highest BCUT2D eigenvalue weighted by atomic mass is 32.2. The number of amidine groups is 1. The van der Waals surface area contributed by atoms with Gasteiger partial charge in [0, 0.05) is 6.54 Å². The molecule has 0 aromatic heterocycles. The lowest BCUT2D eigenvalue weighted by Gasteiger charge is -2.17. The van der Waals surface area contributed by atoms with Crippen LogP contribution in [0.4, 0.5) is 8.78 Å². The van der Waals surface area contributed by atoms with Gasteiger partial charge >= 0.3 is 0 Å². The monoisotopic (exact) mass is 382 g/mol. The van der Waals surface area contributed by atoms with Gasteiger partial charge in [0.15, 0.2) is 5.17 Å². The Labute approximate surface area is 162 Å². The molecular formula is C22H20F2N2S. The predicted octanol–water partition coefficient (Wildman–Crippen LogP) is 5.34. The van der Waals surface area contributed by atoms with E-state index in [0.717, 1.165) is 17.5 Å². The molecule has 138 valence electrons. The Morgan fingerprint density at radius 3 is 1.85 bits per heavy atom. The minimum atomic E-state index is -0.300. The van der Waals surface area contributed by atoms with Gasteiger partial charge in [0.1, 0.15) is 11.6 Å². The van der Waals surface area contributed by atoms with Crippen LogP contribution in [0.5, 0.6) is 0 Å². The van der Waals surface area contributed by atoms with Gasteiger partial charge in [-0.25, -0.2) is 8.78 Å². The molecule has 0 atom stereocenters. The molecule has 27 heavy (non-hydrogen) atoms. The zero-order valence-corrected chi connectivity index (χ0v) is 15.5. The SMILES string of the molecule is NC(=NCCc1ccccc1)SC(c1ccc(F)cc1)c1ccc(F)cc1. The number of hydrogen-bond donors (Lipinski definition) is 1. The Balaban J connectivity index is 1.75. The highest BCUT2D eigenvalue weighted by molar-refractivity contribution is 8.14. The van der Waals surface area contributed by atoms with Crippen molar-refractivity contribution in [1.82, 2.24) is 0 Å². The minimum absolute atomic E-state index is 0.188. The molecular weight excluding hydrogens is 362 g/mol. The van der Waals surface area contributed by atoms with Crippen LogP contribution in [0.25, 0.3) is 0 Å². The summed E-state index contributed by atoms with van der Waals surface area (Å²) in [4.78, 5) is 4.45. The summed E-state index contributed by atoms with van der Waals surface area (Å²) in [6.07, 6.45) is 0.805. The Hall–Kier alpha value is -2.66. The minimum Gasteiger partial charge on any atom is -0.379 e. The van der Waals surface area contributed by atoms with Gasteiger partial charge in [0.05, 0.1) is 5.25 Å². The molecule has 2 nitrogen and oxygen atoms in total. The molecule has 0 aliphatic carbocycles. The van der Waals surface area contributed by atoms with Gasteiger partial charge in [-0.15, -0.1) is 0 Å². The molecule has 3 aromatic carbocycles. The first-order valence-corrected chi connectivity index (χ1v) is 9.51. The molecule has 0 saturated heterocycles. The van der Waals surface area contributed by atoms with Crippen LogP contribution in [-0.4, -0.2) is 11.7 Å². The van der Waals surface area contributed by atoms with Crippen LogP contribution in [0.2, 0.25) is 0 Å². The smallest absolute Gasteiger partial charge is 0.154 e. The second kappa shape index (κ2) is 9.33. The molecule has 0 aliphatic rings. The van der Waals surface area contributed by atoms with E-state index in [9.17, 15) is 8.78 Å². The lowest BCUT2D eigenvalue weighted by Crippen LogP contribution is -2.12. The molecule has 0 fully saturated rings. The lowest BCUT2D eigenvalue weighted by atomic mass is 10.0. The van der Waals surface area contributed by atoms with Crippen molar-refractivity contribution in [1.29, 1.82) is 0 Å². The third-order valence-corrected chi connectivity index (χ3v) is 5.25. The van der Waals surface area contributed by atoms with Crippen LogP contribution in [-0.2, 0) is 6.42 Å². The van der Waals surface area contributed by atoms with E-state index in [1.165, 1.54) is 41.6 Å². The average Bonchev–Trinajstić information content (AvgIpc) is 2.69. The second-order valence-electron chi connectivity index (χ2n) is 6.06. The van der Waals surface area contributed by atoms with Gasteiger partial charge in [0.2, 0.25) is 0 Å². The zero-order chi connectivity index (χ0) is 19.1. The van der Waals surface area contributed by atoms with Crippen molar-refractivity contribution < 1.29 is 8.78 Å². The third-order valence-electron chi connectivity index (χ3n) is 4.10. The summed E-state index contributed by atoms with van der Waals surface area (Å²) >= 11 is 1.38. The molecule has 0 amide bonds. The van der Waals surface area contributed by atoms with E-state index in [4.69, 9.17) is 5.73 Å². The molecule has 0 spiro atoms. The van der Waals surface area contributed by atoms with E-state index in [0.29, 0.717) is 11.7 Å². The molecule has 0 heterocycles. The summed E-state index contributed by atoms with van der Waals surface area (Å²) in [5.74, 6) is -0.600. The number of nitrogens with zero attached hydrogens (tertiary/aromatic N) is 1. The summed E-state index contributed by atoms with van der Waals surface area (Å²) in [6, 6.07) is 22.6. The predicted molar refractivity (Wildman–Crippen MR) is 109 cm³/mol. The normalized spacial score (nSPS) is 11.7. The van der Waals surface area contributed by atoms with Gasteiger partial charge in [-0.05, 0) is 47.4 Å². The van der Waals surface area contributed by atoms with Crippen LogP contribution < -0.4 is 5.73 Å². The summed E-state index contributed by atoms with van der Waals surface area (Å²) in [5.41, 5.74) is 9.11. The molecule has 5 heteroatoms. The van der Waals surface area contributed by atoms with E-state index >= 15 is 0 Å². The van der Waals surface area contributed by atoms with E-state index in [-0.39, 0.29) is 16.9 Å². The van der Waals surface area contributed by atoms with Crippen LogP contribution in [0.15, 0.2) is 83.9 Å². The average molecular weight is 382 g/mol. The number of hydrogen-bond acceptors (Lipinski definition) is 2. The fourth-order valence-corrected chi connectivity index (χ4v) is 3.70. The molecule has 0 saturated carbocycles. The van der Waals surface area contributed by atoms with E-state index < -0.39 is 0 Å². The van der Waals surface area contributed by atoms with Crippen molar-refractivity contribution in [2.75, 3.05) is 6.54 Å². The number of rotatable bonds is 6. The summed E-state index contributed by atoms with van der Waals surface area (Å²) < 4.78 is 26.6. The van der Waals surface area contributed by atoms with Crippen LogP contribution in [0.3, 0.4) is 0 Å². The van der Waals surface area contributed by atoms with Crippen molar-refractivity contribution in [2.45, 2.75) is 11.7 Å². The molecule has 0 aliphatic heterocycles. The van der Waals surface area contributed by atoms with Crippen molar-refractivity contribution in [3.8, 4) is 0 Å². The first kappa shape index (κ1) is 19.1. The van der Waals surface area contributed by atoms with Crippen LogP contribution in [0.1, 0.15) is 21.9 Å². The second-order valence-corrected chi connectivity index (χ2v) is 7.18. The Morgan fingerprint density at radius 2 is 1.33 bits per heavy atom. The van der Waals surface area contributed by atoms with Gasteiger partial charge in [0.25, 0.3) is 0 Å². The topological polar surface area (TPSA) is 38.4 Å². The largest absolute Gasteiger partial charge is 0.379 e. The standard InChI is InChI=1S/C22H20F2N2S/c23-19-10-6-17(7-11-19)21(18-8-12-20(24)13-9-18)27-22(25)26-15-14-16-4-2-1-3-5-16/h1-13,21H,14-15H2,(H2,25,26). The maximum absolute atomic E-state index is 13.3. The molecule has 0 bridgehead atoms. The summed E-state index contributed by atoms with van der Waals surface area (Å²) in [6.45, 7) is 0.586. The first-order chi connectivity index (χ1) is 13.1. The van der Waals surface area contributed by atoms with Gasteiger partial charge < -0.3 is 5.73 Å². The number of benzene rings is 3. The van der Waals surface area contributed by atoms with E-state index in [1.54, 1.807) is 24.3 Å². The van der Waals surface area contributed by atoms with Crippen molar-refractivity contribution in [3.05, 3.63) is 107 Å². The molecule has 3 aromatic rings. The van der Waals surface area contributed by atoms with Crippen LogP contribution >= 0.6 is 11.8 Å². The number of halogens is 2. The lowest BCUT2D eigenvalue weighted by molar-refractivity contribution is 0.626. The van der Waals surface area contributed by atoms with E-state index in [1.807, 2.05) is 18.2 Å². The van der Waals surface area contributed by atoms with Crippen molar-refractivity contribution in [2.24, 2.45) is 10.7 Å². The molecule has 2 N–H and O–H groups in total. The number of thioether (sulfide) groups is 1.